The Morgan fingerprint density at radius 2 is 2.09 bits per heavy atom. The average molecular weight is 595 g/mol. The molecule has 1 aromatic carbocycles. The lowest BCUT2D eigenvalue weighted by Gasteiger charge is -2.36. The predicted molar refractivity (Wildman–Crippen MR) is 154 cm³/mol. The van der Waals surface area contributed by atoms with Crippen LogP contribution in [0.3, 0.4) is 0 Å². The third-order valence-electron chi connectivity index (χ3n) is 8.51. The first-order chi connectivity index (χ1) is 20.7. The number of hydrogen-bond donors (Lipinski definition) is 2. The van der Waals surface area contributed by atoms with Crippen molar-refractivity contribution in [3.8, 4) is 0 Å². The molecule has 3 saturated heterocycles. The predicted octanol–water partition coefficient (Wildman–Crippen LogP) is 0.784. The van der Waals surface area contributed by atoms with Gasteiger partial charge in [-0.1, -0.05) is 29.5 Å². The molecule has 4 heterocycles. The minimum absolute atomic E-state index is 0.0503. The summed E-state index contributed by atoms with van der Waals surface area (Å²) in [6, 6.07) is 6.31. The van der Waals surface area contributed by atoms with Crippen molar-refractivity contribution in [2.45, 2.75) is 63.1 Å². The van der Waals surface area contributed by atoms with Crippen molar-refractivity contribution in [1.82, 2.24) is 30.1 Å². The molecule has 6 atom stereocenters. The molecule has 0 unspecified atom stereocenters. The number of nitrogens with zero attached hydrogens (tertiary/aromatic N) is 5. The molecule has 230 valence electrons. The maximum Gasteiger partial charge on any atom is 0.312 e. The largest absolute Gasteiger partial charge is 0.460 e. The smallest absolute Gasteiger partial charge is 0.312 e. The van der Waals surface area contributed by atoms with E-state index in [1.165, 1.54) is 9.80 Å². The quantitative estimate of drug-likeness (QED) is 0.238. The van der Waals surface area contributed by atoms with Crippen molar-refractivity contribution in [1.29, 1.82) is 0 Å². The molecule has 13 nitrogen and oxygen atoms in total. The molecule has 3 fully saturated rings. The van der Waals surface area contributed by atoms with Crippen molar-refractivity contribution >= 4 is 34.7 Å². The number of likely N-dealkylation sites (tertiary alicyclic amines) is 1. The highest BCUT2D eigenvalue weighted by atomic mass is 16.6. The Hall–Kier alpha value is -4.10. The molecule has 0 saturated carbocycles. The molecule has 0 radical (unpaired) electrons. The summed E-state index contributed by atoms with van der Waals surface area (Å²) in [7, 11) is 0. The van der Waals surface area contributed by atoms with Crippen LogP contribution in [0.25, 0.3) is 11.0 Å². The molecule has 0 aliphatic carbocycles. The van der Waals surface area contributed by atoms with Crippen molar-refractivity contribution < 1.29 is 33.8 Å². The van der Waals surface area contributed by atoms with Gasteiger partial charge in [-0.15, -0.1) is 18.3 Å². The van der Waals surface area contributed by atoms with Gasteiger partial charge in [0.2, 0.25) is 17.7 Å². The molecule has 2 bridgehead atoms. The van der Waals surface area contributed by atoms with Crippen LogP contribution in [0.4, 0.5) is 0 Å². The lowest BCUT2D eigenvalue weighted by molar-refractivity contribution is -0.159. The van der Waals surface area contributed by atoms with Crippen LogP contribution >= 0.6 is 0 Å². The lowest BCUT2D eigenvalue weighted by atomic mass is 9.70. The Bertz CT molecular complexity index is 1410. The van der Waals surface area contributed by atoms with Gasteiger partial charge in [-0.2, -0.15) is 0 Å². The molecule has 3 amide bonds. The van der Waals surface area contributed by atoms with Crippen molar-refractivity contribution in [3.05, 3.63) is 49.6 Å². The van der Waals surface area contributed by atoms with E-state index in [0.29, 0.717) is 24.8 Å². The number of esters is 1. The minimum atomic E-state index is -1.25. The van der Waals surface area contributed by atoms with E-state index in [-0.39, 0.29) is 45.2 Å². The Kier molecular flexibility index (Phi) is 8.92. The average Bonchev–Trinajstić information content (AvgIpc) is 3.74. The summed E-state index contributed by atoms with van der Waals surface area (Å²) in [4.78, 5) is 56.6. The fraction of sp³-hybridized carbons (Fsp3) is 0.533. The van der Waals surface area contributed by atoms with Gasteiger partial charge in [0, 0.05) is 19.5 Å². The number of fused-ring (bicyclic) bond motifs is 2. The number of aliphatic hydroxyl groups is 1. The van der Waals surface area contributed by atoms with Gasteiger partial charge >= 0.3 is 5.97 Å². The van der Waals surface area contributed by atoms with Gasteiger partial charge in [0.1, 0.15) is 29.9 Å². The topological polar surface area (TPSA) is 156 Å². The second-order valence-electron chi connectivity index (χ2n) is 11.3. The number of carbonyl (C=O) groups excluding carboxylic acids is 4. The van der Waals surface area contributed by atoms with Crippen LogP contribution in [0.2, 0.25) is 0 Å². The molecular formula is C30H38N6O7. The van der Waals surface area contributed by atoms with Gasteiger partial charge in [0.15, 0.2) is 0 Å². The number of aliphatic hydroxyl groups excluding tert-OH is 1. The highest BCUT2D eigenvalue weighted by Gasteiger charge is 2.75. The van der Waals surface area contributed by atoms with Crippen molar-refractivity contribution in [2.24, 2.45) is 11.8 Å². The molecule has 3 aliphatic heterocycles. The first-order valence-corrected chi connectivity index (χ1v) is 14.6. The summed E-state index contributed by atoms with van der Waals surface area (Å²) in [6.07, 6.45) is 3.71. The molecule has 13 heteroatoms. The molecule has 1 spiro atoms. The first-order valence-electron chi connectivity index (χ1n) is 14.6. The number of amides is 3. The first kappa shape index (κ1) is 30.4. The molecule has 2 N–H and O–H groups in total. The summed E-state index contributed by atoms with van der Waals surface area (Å²) in [5, 5.41) is 21.0. The number of β-amino-alcohol motifs (C(OH)–C–C–N with tert-alkyl or cyclic N) is 1. The van der Waals surface area contributed by atoms with E-state index < -0.39 is 53.5 Å². The third-order valence-corrected chi connectivity index (χ3v) is 8.51. The molecular weight excluding hydrogens is 556 g/mol. The van der Waals surface area contributed by atoms with Crippen LogP contribution in [-0.4, -0.2) is 104 Å². The number of carbonyl (C=O) groups is 4. The Labute approximate surface area is 249 Å². The molecule has 1 aromatic heterocycles. The van der Waals surface area contributed by atoms with Crippen LogP contribution in [0, 0.1) is 11.8 Å². The highest BCUT2D eigenvalue weighted by Crippen LogP contribution is 2.58. The number of para-hydroxylation sites is 1. The number of hydrogen-bond acceptors (Lipinski definition) is 9. The van der Waals surface area contributed by atoms with Crippen LogP contribution in [0.1, 0.15) is 32.6 Å². The molecule has 43 heavy (non-hydrogen) atoms. The van der Waals surface area contributed by atoms with Gasteiger partial charge in [0.05, 0.1) is 36.6 Å². The van der Waals surface area contributed by atoms with Gasteiger partial charge < -0.3 is 29.7 Å². The van der Waals surface area contributed by atoms with Gasteiger partial charge in [-0.25, -0.2) is 4.68 Å². The zero-order chi connectivity index (χ0) is 30.7. The number of benzene rings is 1. The second kappa shape index (κ2) is 12.6. The monoisotopic (exact) mass is 594 g/mol. The summed E-state index contributed by atoms with van der Waals surface area (Å²) in [6.45, 7) is 8.94. The fourth-order valence-electron chi connectivity index (χ4n) is 6.68. The third kappa shape index (κ3) is 5.54. The van der Waals surface area contributed by atoms with Crippen LogP contribution in [-0.2, 0) is 35.3 Å². The minimum Gasteiger partial charge on any atom is -0.460 e. The van der Waals surface area contributed by atoms with E-state index in [1.54, 1.807) is 23.8 Å². The molecule has 5 rings (SSSR count). The van der Waals surface area contributed by atoms with Crippen LogP contribution in [0.5, 0.6) is 0 Å². The van der Waals surface area contributed by atoms with Gasteiger partial charge in [-0.05, 0) is 38.3 Å². The van der Waals surface area contributed by atoms with Crippen LogP contribution in [0.15, 0.2) is 49.6 Å². The van der Waals surface area contributed by atoms with E-state index in [0.717, 1.165) is 5.52 Å². The number of rotatable bonds is 14. The zero-order valence-corrected chi connectivity index (χ0v) is 24.3. The number of aromatic nitrogens is 3. The zero-order valence-electron chi connectivity index (χ0n) is 24.3. The molecule has 2 aromatic rings. The van der Waals surface area contributed by atoms with E-state index in [1.807, 2.05) is 24.3 Å². The van der Waals surface area contributed by atoms with E-state index in [2.05, 4.69) is 28.8 Å². The van der Waals surface area contributed by atoms with Crippen molar-refractivity contribution in [2.75, 3.05) is 26.2 Å². The lowest BCUT2D eigenvalue weighted by Crippen LogP contribution is -2.56. The maximum absolute atomic E-state index is 14.3. The van der Waals surface area contributed by atoms with Crippen LogP contribution < -0.4 is 5.32 Å². The standard InChI is InChI=1S/C30H38N6O7/c1-4-6-11-23(38)31-17-19(3)42-29(41)24-22-12-13-30(43-22)25(24)27(39)35(15-16-37)26(30)28(40)34(14-5-2)18-36-21-10-8-7-9-20(21)32-33-36/h4-5,7-10,19,22,24-26,37H,1-2,6,11-18H2,3H3,(H,31,38)/t19-,22-,24+,25+,26-,30+/m1/s1. The molecule has 3 aliphatic rings. The van der Waals surface area contributed by atoms with E-state index in [4.69, 9.17) is 9.47 Å². The summed E-state index contributed by atoms with van der Waals surface area (Å²) in [5.41, 5.74) is 0.167. The normalized spacial score (nSPS) is 26.3. The van der Waals surface area contributed by atoms with E-state index >= 15 is 0 Å². The summed E-state index contributed by atoms with van der Waals surface area (Å²) in [5.74, 6) is -3.45. The Morgan fingerprint density at radius 1 is 1.30 bits per heavy atom. The number of allylic oxidation sites excluding steroid dienone is 1. The summed E-state index contributed by atoms with van der Waals surface area (Å²) < 4.78 is 13.7. The highest BCUT2D eigenvalue weighted by molar-refractivity contribution is 5.98. The second-order valence-corrected chi connectivity index (χ2v) is 11.3. The maximum atomic E-state index is 14.3. The number of ether oxygens (including phenoxy) is 2. The fourth-order valence-corrected chi connectivity index (χ4v) is 6.68. The SMILES string of the molecule is C=CCCC(=O)NC[C@@H](C)OC(=O)[C@@H]1[C@H]2C(=O)N(CCO)[C@H](C(=O)N(CC=C)Cn3nnc4ccccc43)[C@]23CC[C@H]1O3. The van der Waals surface area contributed by atoms with Crippen molar-refractivity contribution in [3.63, 3.8) is 0 Å². The number of nitrogens with one attached hydrogen (secondary N) is 1. The van der Waals surface area contributed by atoms with E-state index in [9.17, 15) is 24.3 Å². The summed E-state index contributed by atoms with van der Waals surface area (Å²) >= 11 is 0. The van der Waals surface area contributed by atoms with Gasteiger partial charge in [0.25, 0.3) is 0 Å². The van der Waals surface area contributed by atoms with Gasteiger partial charge in [-0.3, -0.25) is 19.2 Å². The Balaban J connectivity index is 1.37. The Morgan fingerprint density at radius 3 is 2.84 bits per heavy atom.